The van der Waals surface area contributed by atoms with Crippen molar-refractivity contribution in [3.8, 4) is 0 Å². The van der Waals surface area contributed by atoms with Crippen LogP contribution < -0.4 is 21.6 Å². The summed E-state index contributed by atoms with van der Waals surface area (Å²) in [6.45, 7) is 1.76. The van der Waals surface area contributed by atoms with Gasteiger partial charge in [0.2, 0.25) is 11.8 Å². The van der Waals surface area contributed by atoms with E-state index in [1.54, 1.807) is 30.1 Å². The van der Waals surface area contributed by atoms with E-state index in [2.05, 4.69) is 21.6 Å². The van der Waals surface area contributed by atoms with Crippen LogP contribution in [0.5, 0.6) is 0 Å². The van der Waals surface area contributed by atoms with E-state index in [1.807, 2.05) is 0 Å². The summed E-state index contributed by atoms with van der Waals surface area (Å²) in [4.78, 5) is 25.8. The van der Waals surface area contributed by atoms with E-state index < -0.39 is 23.2 Å². The fraction of sp³-hybridized carbons (Fsp3) is 0.238. The fourth-order valence-corrected chi connectivity index (χ4v) is 4.60. The normalized spacial score (nSPS) is 23.0. The Kier molecular flexibility index (Phi) is 4.44. The second kappa shape index (κ2) is 6.88. The Morgan fingerprint density at radius 2 is 1.81 bits per heavy atom. The third kappa shape index (κ3) is 2.94. The molecule has 5 rings (SSSR count). The molecule has 0 saturated carbocycles. The van der Waals surface area contributed by atoms with Gasteiger partial charge in [-0.15, -0.1) is 5.53 Å². The van der Waals surface area contributed by atoms with Crippen molar-refractivity contribution in [2.45, 2.75) is 31.0 Å². The van der Waals surface area contributed by atoms with Crippen LogP contribution in [0, 0.1) is 0 Å². The van der Waals surface area contributed by atoms with Crippen LogP contribution in [0.1, 0.15) is 36.1 Å². The lowest BCUT2D eigenvalue weighted by Crippen LogP contribution is -2.49. The van der Waals surface area contributed by atoms with E-state index in [9.17, 15) is 22.8 Å². The third-order valence-electron chi connectivity index (χ3n) is 6.07. The molecule has 3 aliphatic rings. The largest absolute Gasteiger partial charge is 0.416 e. The molecule has 7 nitrogen and oxygen atoms in total. The SMILES string of the molecule is CC(c1ccc(C(F)(F)F)cc1)N1NNC2=C1NC(=O)CC21C(=O)Nc2ccc(Cl)cc21. The van der Waals surface area contributed by atoms with Gasteiger partial charge in [-0.05, 0) is 48.4 Å². The molecule has 0 bridgehead atoms. The van der Waals surface area contributed by atoms with Gasteiger partial charge in [-0.3, -0.25) is 14.6 Å². The molecule has 1 spiro atoms. The summed E-state index contributed by atoms with van der Waals surface area (Å²) in [6, 6.07) is 9.29. The van der Waals surface area contributed by atoms with Crippen molar-refractivity contribution in [2.75, 3.05) is 5.32 Å². The molecule has 32 heavy (non-hydrogen) atoms. The van der Waals surface area contributed by atoms with Gasteiger partial charge >= 0.3 is 6.18 Å². The number of fused-ring (bicyclic) bond motifs is 3. The van der Waals surface area contributed by atoms with Crippen molar-refractivity contribution < 1.29 is 22.8 Å². The van der Waals surface area contributed by atoms with Crippen molar-refractivity contribution in [1.82, 2.24) is 21.3 Å². The maximum Gasteiger partial charge on any atom is 0.416 e. The van der Waals surface area contributed by atoms with Gasteiger partial charge in [0.15, 0.2) is 0 Å². The lowest BCUT2D eigenvalue weighted by molar-refractivity contribution is -0.137. The molecule has 0 aliphatic carbocycles. The van der Waals surface area contributed by atoms with E-state index in [0.717, 1.165) is 12.1 Å². The average Bonchev–Trinajstić information content (AvgIpc) is 3.27. The summed E-state index contributed by atoms with van der Waals surface area (Å²) >= 11 is 6.17. The van der Waals surface area contributed by atoms with Crippen LogP contribution in [0.15, 0.2) is 54.0 Å². The molecular weight excluding hydrogens is 447 g/mol. The Morgan fingerprint density at radius 1 is 1.09 bits per heavy atom. The molecular formula is C21H17ClF3N5O2. The van der Waals surface area contributed by atoms with Crippen LogP contribution in [0.4, 0.5) is 18.9 Å². The average molecular weight is 464 g/mol. The first kappa shape index (κ1) is 20.7. The second-order valence-corrected chi connectivity index (χ2v) is 8.34. The number of carbonyl (C=O) groups is 2. The minimum absolute atomic E-state index is 0.123. The Hall–Kier alpha value is -3.24. The van der Waals surface area contributed by atoms with Crippen LogP contribution in [-0.4, -0.2) is 16.8 Å². The minimum atomic E-state index is -4.43. The van der Waals surface area contributed by atoms with E-state index in [4.69, 9.17) is 11.6 Å². The Balaban J connectivity index is 1.56. The molecule has 11 heteroatoms. The van der Waals surface area contributed by atoms with Gasteiger partial charge in [0.25, 0.3) is 0 Å². The van der Waals surface area contributed by atoms with Gasteiger partial charge in [0, 0.05) is 10.7 Å². The van der Waals surface area contributed by atoms with Crippen molar-refractivity contribution in [3.63, 3.8) is 0 Å². The first-order chi connectivity index (χ1) is 15.1. The predicted octanol–water partition coefficient (Wildman–Crippen LogP) is 3.32. The van der Waals surface area contributed by atoms with Gasteiger partial charge in [-0.25, -0.2) is 0 Å². The van der Waals surface area contributed by atoms with Gasteiger partial charge < -0.3 is 16.1 Å². The topological polar surface area (TPSA) is 85.5 Å². The molecule has 2 atom stereocenters. The zero-order chi connectivity index (χ0) is 22.8. The number of anilines is 1. The van der Waals surface area contributed by atoms with Gasteiger partial charge in [-0.2, -0.15) is 13.2 Å². The number of hydrazine groups is 2. The summed E-state index contributed by atoms with van der Waals surface area (Å²) in [6.07, 6.45) is -4.55. The molecule has 0 radical (unpaired) electrons. The van der Waals surface area contributed by atoms with E-state index in [0.29, 0.717) is 33.4 Å². The molecule has 4 N–H and O–H groups in total. The van der Waals surface area contributed by atoms with Gasteiger partial charge in [0.1, 0.15) is 11.2 Å². The molecule has 0 saturated heterocycles. The zero-order valence-corrected chi connectivity index (χ0v) is 17.4. The number of alkyl halides is 3. The van der Waals surface area contributed by atoms with Gasteiger partial charge in [0.05, 0.1) is 23.7 Å². The Bertz CT molecular complexity index is 1180. The highest BCUT2D eigenvalue weighted by Crippen LogP contribution is 2.49. The molecule has 0 aromatic heterocycles. The predicted molar refractivity (Wildman–Crippen MR) is 110 cm³/mol. The van der Waals surface area contributed by atoms with E-state index >= 15 is 0 Å². The first-order valence-corrected chi connectivity index (χ1v) is 10.1. The number of hydrogen-bond acceptors (Lipinski definition) is 5. The third-order valence-corrected chi connectivity index (χ3v) is 6.31. The van der Waals surface area contributed by atoms with Crippen LogP contribution in [0.3, 0.4) is 0 Å². The second-order valence-electron chi connectivity index (χ2n) is 7.90. The van der Waals surface area contributed by atoms with Crippen molar-refractivity contribution in [1.29, 1.82) is 0 Å². The van der Waals surface area contributed by atoms with Crippen molar-refractivity contribution >= 4 is 29.1 Å². The smallest absolute Gasteiger partial charge is 0.325 e. The molecule has 2 unspecified atom stereocenters. The minimum Gasteiger partial charge on any atom is -0.325 e. The summed E-state index contributed by atoms with van der Waals surface area (Å²) in [5.41, 5.74) is 6.04. The lowest BCUT2D eigenvalue weighted by Gasteiger charge is -2.34. The molecule has 3 heterocycles. The van der Waals surface area contributed by atoms with E-state index in [1.165, 1.54) is 12.1 Å². The molecule has 2 aromatic carbocycles. The van der Waals surface area contributed by atoms with Crippen molar-refractivity contribution in [2.24, 2.45) is 0 Å². The summed E-state index contributed by atoms with van der Waals surface area (Å²) in [7, 11) is 0. The summed E-state index contributed by atoms with van der Waals surface area (Å²) < 4.78 is 38.7. The fourth-order valence-electron chi connectivity index (χ4n) is 4.43. The van der Waals surface area contributed by atoms with Crippen LogP contribution in [0.25, 0.3) is 0 Å². The van der Waals surface area contributed by atoms with Crippen LogP contribution in [-0.2, 0) is 21.2 Å². The highest BCUT2D eigenvalue weighted by Gasteiger charge is 2.57. The number of rotatable bonds is 2. The van der Waals surface area contributed by atoms with Crippen LogP contribution in [0.2, 0.25) is 5.02 Å². The number of halogens is 4. The summed E-state index contributed by atoms with van der Waals surface area (Å²) in [5, 5.41) is 7.59. The van der Waals surface area contributed by atoms with Crippen LogP contribution >= 0.6 is 11.6 Å². The molecule has 2 amide bonds. The monoisotopic (exact) mass is 463 g/mol. The number of nitrogens with zero attached hydrogens (tertiary/aromatic N) is 1. The molecule has 166 valence electrons. The quantitative estimate of drug-likeness (QED) is 0.549. The molecule has 3 aliphatic heterocycles. The standard InChI is InChI=1S/C21H17ClF3N5O2/c1-10(11-2-4-12(5-3-11)21(23,24)25)30-18-17(28-29-30)20(9-16(31)27-18)14-8-13(22)6-7-15(14)26-19(20)32/h2-8,10,28-29H,9H2,1H3,(H,26,32)(H,27,31). The zero-order valence-electron chi connectivity index (χ0n) is 16.6. The number of nitrogens with one attached hydrogen (secondary N) is 4. The molecule has 0 fully saturated rings. The van der Waals surface area contributed by atoms with Gasteiger partial charge in [-0.1, -0.05) is 23.7 Å². The van der Waals surface area contributed by atoms with Crippen molar-refractivity contribution in [3.05, 3.63) is 75.7 Å². The van der Waals surface area contributed by atoms with E-state index in [-0.39, 0.29) is 18.2 Å². The maximum absolute atomic E-state index is 13.1. The number of hydrogen-bond donors (Lipinski definition) is 4. The first-order valence-electron chi connectivity index (χ1n) is 9.75. The highest BCUT2D eigenvalue weighted by molar-refractivity contribution is 6.31. The lowest BCUT2D eigenvalue weighted by atomic mass is 9.74. The highest BCUT2D eigenvalue weighted by atomic mass is 35.5. The number of benzene rings is 2. The Labute approximate surface area is 185 Å². The number of amides is 2. The maximum atomic E-state index is 13.1. The Morgan fingerprint density at radius 3 is 2.50 bits per heavy atom. The number of carbonyl (C=O) groups excluding carboxylic acids is 2. The summed E-state index contributed by atoms with van der Waals surface area (Å²) in [5.74, 6) is -0.408. The molecule has 2 aromatic rings.